The van der Waals surface area contributed by atoms with Crippen LogP contribution in [0.25, 0.3) is 4.96 Å². The standard InChI is InChI=1S/C18H21N5S/c1-2-19-17(20-11-16-13-23-9-10-24-18(23)21-16)22-8-7-14-5-3-4-6-15(14)12-22/h3-6,9-10,13H,2,7-8,11-12H2,1H3,(H,19,20). The van der Waals surface area contributed by atoms with Crippen LogP contribution in [0.3, 0.4) is 0 Å². The van der Waals surface area contributed by atoms with E-state index in [4.69, 9.17) is 4.99 Å². The number of aliphatic imine (C=N–C) groups is 1. The Morgan fingerprint density at radius 3 is 3.04 bits per heavy atom. The molecule has 0 radical (unpaired) electrons. The molecule has 2 aromatic heterocycles. The van der Waals surface area contributed by atoms with Crippen molar-refractivity contribution in [3.05, 3.63) is 58.9 Å². The van der Waals surface area contributed by atoms with Crippen molar-refractivity contribution in [3.63, 3.8) is 0 Å². The van der Waals surface area contributed by atoms with E-state index >= 15 is 0 Å². The number of thiazole rings is 1. The van der Waals surface area contributed by atoms with Crippen LogP contribution in [0.15, 0.2) is 47.0 Å². The zero-order chi connectivity index (χ0) is 16.4. The van der Waals surface area contributed by atoms with Crippen molar-refractivity contribution in [2.24, 2.45) is 4.99 Å². The lowest BCUT2D eigenvalue weighted by molar-refractivity contribution is 0.378. The lowest BCUT2D eigenvalue weighted by Gasteiger charge is -2.31. The normalized spacial score (nSPS) is 14.9. The van der Waals surface area contributed by atoms with E-state index in [1.807, 2.05) is 11.6 Å². The molecule has 1 aliphatic heterocycles. The average molecular weight is 339 g/mol. The molecule has 0 aliphatic carbocycles. The highest BCUT2D eigenvalue weighted by Crippen LogP contribution is 2.19. The highest BCUT2D eigenvalue weighted by molar-refractivity contribution is 7.15. The highest BCUT2D eigenvalue weighted by Gasteiger charge is 2.18. The summed E-state index contributed by atoms with van der Waals surface area (Å²) < 4.78 is 2.06. The van der Waals surface area contributed by atoms with E-state index in [1.165, 1.54) is 11.1 Å². The zero-order valence-corrected chi connectivity index (χ0v) is 14.6. The van der Waals surface area contributed by atoms with Gasteiger partial charge in [-0.2, -0.15) is 0 Å². The molecule has 1 aliphatic rings. The number of aromatic nitrogens is 2. The van der Waals surface area contributed by atoms with Gasteiger partial charge >= 0.3 is 0 Å². The van der Waals surface area contributed by atoms with Gasteiger partial charge < -0.3 is 10.2 Å². The van der Waals surface area contributed by atoms with Crippen molar-refractivity contribution in [3.8, 4) is 0 Å². The Bertz CT molecular complexity index is 835. The minimum atomic E-state index is 0.606. The van der Waals surface area contributed by atoms with Crippen LogP contribution < -0.4 is 5.32 Å². The predicted octanol–water partition coefficient (Wildman–Crippen LogP) is 2.92. The zero-order valence-electron chi connectivity index (χ0n) is 13.8. The number of nitrogens with one attached hydrogen (secondary N) is 1. The second-order valence-corrected chi connectivity index (χ2v) is 6.81. The number of benzene rings is 1. The number of rotatable bonds is 3. The van der Waals surface area contributed by atoms with Gasteiger partial charge in [-0.1, -0.05) is 24.3 Å². The molecule has 0 amide bonds. The summed E-state index contributed by atoms with van der Waals surface area (Å²) in [5, 5.41) is 5.47. The number of hydrogen-bond donors (Lipinski definition) is 1. The summed E-state index contributed by atoms with van der Waals surface area (Å²) in [5.41, 5.74) is 3.87. The number of fused-ring (bicyclic) bond motifs is 2. The maximum atomic E-state index is 4.82. The van der Waals surface area contributed by atoms with Crippen molar-refractivity contribution in [2.75, 3.05) is 13.1 Å². The maximum Gasteiger partial charge on any atom is 0.194 e. The monoisotopic (exact) mass is 339 g/mol. The molecule has 1 aromatic carbocycles. The van der Waals surface area contributed by atoms with Gasteiger partial charge in [-0.05, 0) is 24.5 Å². The van der Waals surface area contributed by atoms with Crippen molar-refractivity contribution in [1.29, 1.82) is 0 Å². The quantitative estimate of drug-likeness (QED) is 0.589. The van der Waals surface area contributed by atoms with Crippen molar-refractivity contribution < 1.29 is 0 Å². The van der Waals surface area contributed by atoms with Crippen LogP contribution >= 0.6 is 11.3 Å². The fourth-order valence-electron chi connectivity index (χ4n) is 3.11. The third-order valence-electron chi connectivity index (χ3n) is 4.30. The lowest BCUT2D eigenvalue weighted by Crippen LogP contribution is -2.44. The van der Waals surface area contributed by atoms with Crippen molar-refractivity contribution in [2.45, 2.75) is 26.4 Å². The molecule has 4 rings (SSSR count). The fraction of sp³-hybridized carbons (Fsp3) is 0.333. The highest BCUT2D eigenvalue weighted by atomic mass is 32.1. The number of hydrogen-bond acceptors (Lipinski definition) is 3. The van der Waals surface area contributed by atoms with Crippen LogP contribution in [0.1, 0.15) is 23.7 Å². The largest absolute Gasteiger partial charge is 0.356 e. The first-order chi connectivity index (χ1) is 11.8. The predicted molar refractivity (Wildman–Crippen MR) is 98.4 cm³/mol. The molecule has 6 heteroatoms. The van der Waals surface area contributed by atoms with E-state index < -0.39 is 0 Å². The summed E-state index contributed by atoms with van der Waals surface area (Å²) in [4.78, 5) is 12.8. The molecule has 0 spiro atoms. The van der Waals surface area contributed by atoms with Crippen LogP contribution in [0.5, 0.6) is 0 Å². The maximum absolute atomic E-state index is 4.82. The van der Waals surface area contributed by atoms with Gasteiger partial charge in [-0.3, -0.25) is 4.40 Å². The van der Waals surface area contributed by atoms with E-state index in [-0.39, 0.29) is 0 Å². The Morgan fingerprint density at radius 1 is 1.33 bits per heavy atom. The summed E-state index contributed by atoms with van der Waals surface area (Å²) in [7, 11) is 0. The molecule has 124 valence electrons. The fourth-order valence-corrected chi connectivity index (χ4v) is 3.83. The first-order valence-corrected chi connectivity index (χ1v) is 9.22. The molecular formula is C18H21N5S. The number of nitrogens with zero attached hydrogens (tertiary/aromatic N) is 4. The molecule has 0 saturated heterocycles. The first kappa shape index (κ1) is 15.2. The summed E-state index contributed by atoms with van der Waals surface area (Å²) in [6.45, 7) is 5.51. The Balaban J connectivity index is 1.52. The molecule has 0 unspecified atom stereocenters. The van der Waals surface area contributed by atoms with Gasteiger partial charge in [0.05, 0.1) is 12.2 Å². The van der Waals surface area contributed by atoms with Crippen LogP contribution in [0, 0.1) is 0 Å². The molecule has 5 nitrogen and oxygen atoms in total. The molecule has 0 fully saturated rings. The lowest BCUT2D eigenvalue weighted by atomic mass is 10.0. The Kier molecular flexibility index (Phi) is 4.21. The topological polar surface area (TPSA) is 44.9 Å². The molecule has 3 heterocycles. The van der Waals surface area contributed by atoms with E-state index in [1.54, 1.807) is 11.3 Å². The van der Waals surface area contributed by atoms with E-state index in [2.05, 4.69) is 57.0 Å². The second-order valence-electron chi connectivity index (χ2n) is 5.94. The van der Waals surface area contributed by atoms with Crippen molar-refractivity contribution >= 4 is 22.3 Å². The molecular weight excluding hydrogens is 318 g/mol. The number of guanidine groups is 1. The van der Waals surface area contributed by atoms with Crippen LogP contribution in [0.2, 0.25) is 0 Å². The molecule has 3 aromatic rings. The van der Waals surface area contributed by atoms with Gasteiger partial charge in [0, 0.05) is 37.4 Å². The summed E-state index contributed by atoms with van der Waals surface area (Å²) in [5.74, 6) is 0.975. The van der Waals surface area contributed by atoms with Crippen LogP contribution in [-0.2, 0) is 19.5 Å². The molecule has 0 bridgehead atoms. The summed E-state index contributed by atoms with van der Waals surface area (Å²) >= 11 is 1.65. The minimum absolute atomic E-state index is 0.606. The Labute approximate surface area is 145 Å². The average Bonchev–Trinajstić information content (AvgIpc) is 3.20. The van der Waals surface area contributed by atoms with Gasteiger partial charge in [-0.15, -0.1) is 11.3 Å². The first-order valence-electron chi connectivity index (χ1n) is 8.34. The molecule has 0 atom stereocenters. The summed E-state index contributed by atoms with van der Waals surface area (Å²) in [6, 6.07) is 8.69. The van der Waals surface area contributed by atoms with Crippen LogP contribution in [-0.4, -0.2) is 33.3 Å². The van der Waals surface area contributed by atoms with E-state index in [0.717, 1.165) is 42.7 Å². The van der Waals surface area contributed by atoms with Gasteiger partial charge in [0.2, 0.25) is 0 Å². The summed E-state index contributed by atoms with van der Waals surface area (Å²) in [6.07, 6.45) is 5.16. The van der Waals surface area contributed by atoms with Crippen molar-refractivity contribution in [1.82, 2.24) is 19.6 Å². The van der Waals surface area contributed by atoms with Gasteiger partial charge in [0.25, 0.3) is 0 Å². The molecule has 24 heavy (non-hydrogen) atoms. The number of imidazole rings is 1. The SMILES string of the molecule is CCNC(=NCc1cn2ccsc2n1)N1CCc2ccccc2C1. The molecule has 1 N–H and O–H groups in total. The third-order valence-corrected chi connectivity index (χ3v) is 5.07. The second kappa shape index (κ2) is 6.65. The smallest absolute Gasteiger partial charge is 0.194 e. The Morgan fingerprint density at radius 2 is 2.21 bits per heavy atom. The van der Waals surface area contributed by atoms with E-state index in [9.17, 15) is 0 Å². The molecule has 0 saturated carbocycles. The van der Waals surface area contributed by atoms with Gasteiger partial charge in [0.15, 0.2) is 10.9 Å². The Hall–Kier alpha value is -2.34. The third kappa shape index (κ3) is 3.01. The van der Waals surface area contributed by atoms with E-state index in [0.29, 0.717) is 6.54 Å². The minimum Gasteiger partial charge on any atom is -0.356 e. The van der Waals surface area contributed by atoms with Crippen LogP contribution in [0.4, 0.5) is 0 Å². The van der Waals surface area contributed by atoms with Gasteiger partial charge in [-0.25, -0.2) is 9.98 Å². The van der Waals surface area contributed by atoms with Gasteiger partial charge in [0.1, 0.15) is 0 Å².